The van der Waals surface area contributed by atoms with Gasteiger partial charge in [-0.15, -0.1) is 9.24 Å². The zero-order chi connectivity index (χ0) is 9.56. The molecule has 0 spiro atoms. The van der Waals surface area contributed by atoms with Gasteiger partial charge in [-0.05, 0) is 12.6 Å². The molecule has 0 aliphatic carbocycles. The minimum Gasteiger partial charge on any atom is -0.480 e. The predicted molar refractivity (Wildman–Crippen MR) is 53.2 cm³/mol. The maximum atomic E-state index is 10.4. The van der Waals surface area contributed by atoms with E-state index in [1.54, 1.807) is 6.08 Å². The molecule has 2 unspecified atom stereocenters. The maximum Gasteiger partial charge on any atom is 0.324 e. The highest BCUT2D eigenvalue weighted by molar-refractivity contribution is 7.16. The number of rotatable bonds is 5. The molecule has 0 bridgehead atoms. The Hall–Kier alpha value is -0.400. The summed E-state index contributed by atoms with van der Waals surface area (Å²) < 4.78 is 0. The smallest absolute Gasteiger partial charge is 0.324 e. The molecule has 0 radical (unpaired) electrons. The van der Waals surface area contributed by atoms with E-state index in [1.165, 1.54) is 0 Å². The lowest BCUT2D eigenvalue weighted by Crippen LogP contribution is -2.28. The van der Waals surface area contributed by atoms with Crippen molar-refractivity contribution in [3.8, 4) is 0 Å². The van der Waals surface area contributed by atoms with Crippen LogP contribution >= 0.6 is 9.24 Å². The fourth-order valence-corrected chi connectivity index (χ4v) is 1.24. The second-order valence-electron chi connectivity index (χ2n) is 2.64. The molecule has 0 aromatic carbocycles. The fourth-order valence-electron chi connectivity index (χ4n) is 0.900. The average molecular weight is 189 g/mol. The Morgan fingerprint density at radius 2 is 2.33 bits per heavy atom. The Morgan fingerprint density at radius 3 is 2.67 bits per heavy atom. The van der Waals surface area contributed by atoms with E-state index in [1.807, 2.05) is 0 Å². The summed E-state index contributed by atoms with van der Waals surface area (Å²) in [5, 5.41) is 8.52. The third-order valence-electron chi connectivity index (χ3n) is 1.53. The second kappa shape index (κ2) is 6.15. The van der Waals surface area contributed by atoms with Crippen LogP contribution in [0.4, 0.5) is 0 Å². The van der Waals surface area contributed by atoms with E-state index < -0.39 is 12.0 Å². The molecule has 0 aromatic rings. The predicted octanol–water partition coefficient (Wildman–Crippen LogP) is 1.000. The van der Waals surface area contributed by atoms with Gasteiger partial charge in [0.2, 0.25) is 0 Å². The lowest BCUT2D eigenvalue weighted by molar-refractivity contribution is -0.137. The molecule has 0 fully saturated rings. The van der Waals surface area contributed by atoms with Crippen LogP contribution in [0.3, 0.4) is 0 Å². The molecule has 4 heteroatoms. The molecule has 0 rings (SSSR count). The van der Waals surface area contributed by atoms with Crippen LogP contribution in [-0.4, -0.2) is 23.3 Å². The highest BCUT2D eigenvalue weighted by Crippen LogP contribution is 2.08. The third kappa shape index (κ3) is 4.47. The quantitative estimate of drug-likeness (QED) is 0.501. The second-order valence-corrected chi connectivity index (χ2v) is 3.05. The summed E-state index contributed by atoms with van der Waals surface area (Å²) in [5.74, 6) is -0.970. The van der Waals surface area contributed by atoms with E-state index in [9.17, 15) is 4.79 Å². The first kappa shape index (κ1) is 11.6. The topological polar surface area (TPSA) is 63.3 Å². The molecular weight excluding hydrogens is 173 g/mol. The molecule has 0 aromatic heterocycles. The van der Waals surface area contributed by atoms with Crippen LogP contribution in [0.2, 0.25) is 0 Å². The normalized spacial score (nSPS) is 14.4. The summed E-state index contributed by atoms with van der Waals surface area (Å²) in [4.78, 5) is 10.4. The third-order valence-corrected chi connectivity index (χ3v) is 2.06. The van der Waals surface area contributed by atoms with Crippen molar-refractivity contribution in [3.63, 3.8) is 0 Å². The van der Waals surface area contributed by atoms with Crippen molar-refractivity contribution < 1.29 is 9.90 Å². The van der Waals surface area contributed by atoms with Gasteiger partial charge >= 0.3 is 5.97 Å². The summed E-state index contributed by atoms with van der Waals surface area (Å²) in [5.41, 5.74) is 6.43. The van der Waals surface area contributed by atoms with Crippen LogP contribution in [-0.2, 0) is 4.79 Å². The zero-order valence-corrected chi connectivity index (χ0v) is 8.44. The molecule has 3 nitrogen and oxygen atoms in total. The Morgan fingerprint density at radius 1 is 1.75 bits per heavy atom. The molecule has 2 atom stereocenters. The minimum absolute atomic E-state index is 0.800. The average Bonchev–Trinajstić information content (AvgIpc) is 2.03. The van der Waals surface area contributed by atoms with Gasteiger partial charge in [-0.25, -0.2) is 0 Å². The number of allylic oxidation sites excluding steroid dienone is 1. The van der Waals surface area contributed by atoms with E-state index in [0.29, 0.717) is 0 Å². The van der Waals surface area contributed by atoms with Crippen molar-refractivity contribution in [1.29, 1.82) is 0 Å². The maximum absolute atomic E-state index is 10.4. The van der Waals surface area contributed by atoms with Crippen molar-refractivity contribution in [2.45, 2.75) is 25.8 Å². The van der Waals surface area contributed by atoms with Gasteiger partial charge in [0.25, 0.3) is 0 Å². The van der Waals surface area contributed by atoms with E-state index >= 15 is 0 Å². The van der Waals surface area contributed by atoms with Crippen molar-refractivity contribution in [2.75, 3.05) is 6.16 Å². The lowest BCUT2D eigenvalue weighted by atomic mass is 10.1. The van der Waals surface area contributed by atoms with Crippen LogP contribution < -0.4 is 5.73 Å². The summed E-state index contributed by atoms with van der Waals surface area (Å²) >= 11 is 0. The van der Waals surface area contributed by atoms with Gasteiger partial charge < -0.3 is 10.8 Å². The van der Waals surface area contributed by atoms with E-state index in [2.05, 4.69) is 16.2 Å². The highest BCUT2D eigenvalue weighted by Gasteiger charge is 2.07. The van der Waals surface area contributed by atoms with Gasteiger partial charge in [-0.2, -0.15) is 0 Å². The molecular formula is C8H16NO2P. The summed E-state index contributed by atoms with van der Waals surface area (Å²) in [6.07, 6.45) is 4.37. The molecule has 0 aliphatic heterocycles. The van der Waals surface area contributed by atoms with Gasteiger partial charge in [-0.3, -0.25) is 4.79 Å². The van der Waals surface area contributed by atoms with Gasteiger partial charge in [-0.1, -0.05) is 25.0 Å². The first-order chi connectivity index (χ1) is 5.61. The number of carboxylic acid groups (broad SMARTS) is 1. The van der Waals surface area contributed by atoms with E-state index in [0.717, 1.165) is 24.6 Å². The number of hydrogen-bond donors (Lipinski definition) is 2. The molecule has 12 heavy (non-hydrogen) atoms. The van der Waals surface area contributed by atoms with Crippen molar-refractivity contribution >= 4 is 15.2 Å². The molecule has 0 aliphatic rings. The monoisotopic (exact) mass is 189 g/mol. The minimum atomic E-state index is -0.970. The number of hydrogen-bond acceptors (Lipinski definition) is 2. The Bertz CT molecular complexity index is 180. The molecule has 0 amide bonds. The molecule has 0 saturated heterocycles. The Balaban J connectivity index is 4.16. The Labute approximate surface area is 75.2 Å². The van der Waals surface area contributed by atoms with E-state index in [4.69, 9.17) is 10.8 Å². The van der Waals surface area contributed by atoms with Gasteiger partial charge in [0, 0.05) is 0 Å². The van der Waals surface area contributed by atoms with Crippen LogP contribution in [0.5, 0.6) is 0 Å². The molecule has 0 heterocycles. The standard InChI is InChI=1S/C8H16NO2P/c1-2-3-6(5-12)4-7(9)8(10)11/h4,7H,2-3,5,9,12H2,1H3,(H,10,11). The summed E-state index contributed by atoms with van der Waals surface area (Å²) in [6, 6.07) is -0.855. The number of carbonyl (C=O) groups is 1. The first-order valence-electron chi connectivity index (χ1n) is 3.99. The van der Waals surface area contributed by atoms with Crippen LogP contribution in [0.25, 0.3) is 0 Å². The highest BCUT2D eigenvalue weighted by atomic mass is 31.0. The van der Waals surface area contributed by atoms with Crippen LogP contribution in [0.1, 0.15) is 19.8 Å². The van der Waals surface area contributed by atoms with Gasteiger partial charge in [0.05, 0.1) is 0 Å². The molecule has 3 N–H and O–H groups in total. The summed E-state index contributed by atoms with van der Waals surface area (Å²) in [6.45, 7) is 2.06. The SMILES string of the molecule is CCCC(=CC(N)C(=O)O)CP. The van der Waals surface area contributed by atoms with Crippen molar-refractivity contribution in [2.24, 2.45) is 5.73 Å². The molecule has 0 saturated carbocycles. The fraction of sp³-hybridized carbons (Fsp3) is 0.625. The largest absolute Gasteiger partial charge is 0.480 e. The number of nitrogens with two attached hydrogens (primary N) is 1. The summed E-state index contributed by atoms with van der Waals surface area (Å²) in [7, 11) is 2.57. The number of carboxylic acids is 1. The number of aliphatic carboxylic acids is 1. The Kier molecular flexibility index (Phi) is 5.95. The van der Waals surface area contributed by atoms with Crippen molar-refractivity contribution in [3.05, 3.63) is 11.6 Å². The van der Waals surface area contributed by atoms with Crippen molar-refractivity contribution in [1.82, 2.24) is 0 Å². The van der Waals surface area contributed by atoms with Crippen LogP contribution in [0.15, 0.2) is 11.6 Å². The lowest BCUT2D eigenvalue weighted by Gasteiger charge is -2.04. The zero-order valence-electron chi connectivity index (χ0n) is 7.29. The van der Waals surface area contributed by atoms with E-state index in [-0.39, 0.29) is 0 Å². The molecule has 70 valence electrons. The van der Waals surface area contributed by atoms with Crippen LogP contribution in [0, 0.1) is 0 Å². The van der Waals surface area contributed by atoms with Gasteiger partial charge in [0.15, 0.2) is 0 Å². The van der Waals surface area contributed by atoms with Gasteiger partial charge in [0.1, 0.15) is 6.04 Å². The first-order valence-corrected chi connectivity index (χ1v) is 4.81.